The normalized spacial score (nSPS) is 21.4. The fourth-order valence-corrected chi connectivity index (χ4v) is 3.07. The molecule has 8 heteroatoms. The minimum Gasteiger partial charge on any atom is -0.741 e. The summed E-state index contributed by atoms with van der Waals surface area (Å²) in [5, 5.41) is 0. The number of hydrogen-bond acceptors (Lipinski definition) is 3. The van der Waals surface area contributed by atoms with Gasteiger partial charge in [0, 0.05) is 12.8 Å². The van der Waals surface area contributed by atoms with E-state index in [0.29, 0.717) is 0 Å². The van der Waals surface area contributed by atoms with Crippen LogP contribution in [0.1, 0.15) is 78.1 Å². The molecule has 2 atom stereocenters. The van der Waals surface area contributed by atoms with Crippen LogP contribution in [-0.4, -0.2) is 37.6 Å². The fourth-order valence-electron chi connectivity index (χ4n) is 3.07. The maximum atomic E-state index is 10.7. The Morgan fingerprint density at radius 2 is 1.58 bits per heavy atom. The molecule has 0 radical (unpaired) electrons. The first-order valence-electron chi connectivity index (χ1n) is 9.00. The molecule has 1 heterocycles. The van der Waals surface area contributed by atoms with E-state index >= 15 is 0 Å². The number of nitrogens with one attached hydrogen (secondary N) is 1. The lowest BCUT2D eigenvalue weighted by atomic mass is 10.1. The molecule has 1 saturated heterocycles. The summed E-state index contributed by atoms with van der Waals surface area (Å²) in [5.41, 5.74) is -5.65. The van der Waals surface area contributed by atoms with Gasteiger partial charge < -0.3 is 9.45 Å². The number of rotatable bonds is 9. The summed E-state index contributed by atoms with van der Waals surface area (Å²) >= 11 is 0. The molecule has 146 valence electrons. The number of halogens is 3. The summed E-state index contributed by atoms with van der Waals surface area (Å²) in [4.78, 5) is 1.94. The quantitative estimate of drug-likeness (QED) is 0.382. The van der Waals surface area contributed by atoms with Crippen molar-refractivity contribution in [3.63, 3.8) is 0 Å². The lowest BCUT2D eigenvalue weighted by molar-refractivity contribution is -0.912. The second-order valence-corrected chi connectivity index (χ2v) is 7.82. The average Bonchev–Trinajstić information content (AvgIpc) is 2.91. The Kier molecular flexibility index (Phi) is 11.9. The Bertz CT molecular complexity index is 413. The van der Waals surface area contributed by atoms with Crippen LogP contribution in [0.3, 0.4) is 0 Å². The van der Waals surface area contributed by atoms with Crippen molar-refractivity contribution in [2.45, 2.75) is 89.6 Å². The summed E-state index contributed by atoms with van der Waals surface area (Å²) in [6.07, 6.45) is 14.5. The summed E-state index contributed by atoms with van der Waals surface area (Å²) in [7, 11) is -6.09. The predicted molar refractivity (Wildman–Crippen MR) is 87.8 cm³/mol. The Labute approximate surface area is 144 Å². The van der Waals surface area contributed by atoms with Crippen LogP contribution in [0.2, 0.25) is 0 Å². The maximum absolute atomic E-state index is 10.7. The van der Waals surface area contributed by atoms with Gasteiger partial charge >= 0.3 is 5.51 Å². The highest BCUT2D eigenvalue weighted by Gasteiger charge is 2.36. The molecule has 2 unspecified atom stereocenters. The van der Waals surface area contributed by atoms with E-state index in [1.807, 2.05) is 4.90 Å². The molecular formula is C16H32F3NO3S. The molecule has 1 aliphatic heterocycles. The zero-order chi connectivity index (χ0) is 18.6. The predicted octanol–water partition coefficient (Wildman–Crippen LogP) is 3.25. The van der Waals surface area contributed by atoms with E-state index in [1.165, 1.54) is 77.3 Å². The van der Waals surface area contributed by atoms with E-state index in [1.54, 1.807) is 0 Å². The topological polar surface area (TPSA) is 61.6 Å². The van der Waals surface area contributed by atoms with Crippen LogP contribution in [0.4, 0.5) is 13.2 Å². The van der Waals surface area contributed by atoms with Crippen LogP contribution in [0.5, 0.6) is 0 Å². The van der Waals surface area contributed by atoms with Gasteiger partial charge in [-0.3, -0.25) is 0 Å². The van der Waals surface area contributed by atoms with Gasteiger partial charge in [0.1, 0.15) is 0 Å². The van der Waals surface area contributed by atoms with Crippen molar-refractivity contribution in [1.29, 1.82) is 0 Å². The number of quaternary nitrogens is 1. The highest BCUT2D eigenvalue weighted by atomic mass is 32.2. The molecule has 0 aliphatic carbocycles. The van der Waals surface area contributed by atoms with Crippen LogP contribution >= 0.6 is 0 Å². The third kappa shape index (κ3) is 10.5. The number of likely N-dealkylation sites (tertiary alicyclic amines) is 1. The lowest BCUT2D eigenvalue weighted by Gasteiger charge is -2.21. The Morgan fingerprint density at radius 3 is 2.08 bits per heavy atom. The first-order chi connectivity index (χ1) is 11.1. The average molecular weight is 375 g/mol. The van der Waals surface area contributed by atoms with Crippen molar-refractivity contribution in [2.75, 3.05) is 13.1 Å². The van der Waals surface area contributed by atoms with Gasteiger partial charge in [0.15, 0.2) is 10.1 Å². The van der Waals surface area contributed by atoms with E-state index in [4.69, 9.17) is 13.0 Å². The Morgan fingerprint density at radius 1 is 1.04 bits per heavy atom. The van der Waals surface area contributed by atoms with Crippen molar-refractivity contribution >= 4 is 10.1 Å². The van der Waals surface area contributed by atoms with Gasteiger partial charge in [-0.05, 0) is 25.7 Å². The molecule has 0 amide bonds. The SMILES string of the molecule is CCCCCCC[NH+]1CCCC1CCCC.O=S(=O)([O-])C(F)(F)F. The molecule has 0 aromatic heterocycles. The van der Waals surface area contributed by atoms with Crippen LogP contribution in [-0.2, 0) is 10.1 Å². The largest absolute Gasteiger partial charge is 0.741 e. The van der Waals surface area contributed by atoms with Gasteiger partial charge in [0.25, 0.3) is 0 Å². The van der Waals surface area contributed by atoms with Gasteiger partial charge in [-0.1, -0.05) is 39.5 Å². The van der Waals surface area contributed by atoms with Crippen LogP contribution in [0, 0.1) is 0 Å². The second-order valence-electron chi connectivity index (χ2n) is 6.45. The first kappa shape index (κ1) is 23.7. The molecule has 1 N–H and O–H groups in total. The first-order valence-corrected chi connectivity index (χ1v) is 10.4. The zero-order valence-electron chi connectivity index (χ0n) is 14.8. The molecule has 4 nitrogen and oxygen atoms in total. The lowest BCUT2D eigenvalue weighted by Crippen LogP contribution is -3.13. The van der Waals surface area contributed by atoms with Crippen molar-refractivity contribution in [3.05, 3.63) is 0 Å². The highest BCUT2D eigenvalue weighted by Crippen LogP contribution is 2.20. The molecule has 0 bridgehead atoms. The number of unbranched alkanes of at least 4 members (excludes halogenated alkanes) is 5. The monoisotopic (exact) mass is 375 g/mol. The molecular weight excluding hydrogens is 343 g/mol. The van der Waals surface area contributed by atoms with Crippen molar-refractivity contribution in [2.24, 2.45) is 0 Å². The number of hydrogen-bond donors (Lipinski definition) is 1. The molecule has 0 saturated carbocycles. The van der Waals surface area contributed by atoms with Crippen LogP contribution < -0.4 is 4.90 Å². The summed E-state index contributed by atoms with van der Waals surface area (Å²) < 4.78 is 58.9. The van der Waals surface area contributed by atoms with Crippen molar-refractivity contribution in [1.82, 2.24) is 0 Å². The second kappa shape index (κ2) is 12.1. The molecule has 1 fully saturated rings. The standard InChI is InChI=1S/C15H31N.CHF3O3S/c1-3-5-7-8-9-13-16-14-10-12-15(16)11-6-4-2;2-1(3,4)8(5,6)7/h15H,3-14H2,1-2H3;(H,5,6,7). The van der Waals surface area contributed by atoms with Crippen molar-refractivity contribution in [3.8, 4) is 0 Å². The third-order valence-electron chi connectivity index (χ3n) is 4.42. The van der Waals surface area contributed by atoms with Crippen LogP contribution in [0.25, 0.3) is 0 Å². The minimum atomic E-state index is -6.09. The van der Waals surface area contributed by atoms with E-state index in [0.717, 1.165) is 6.04 Å². The summed E-state index contributed by atoms with van der Waals surface area (Å²) in [6, 6.07) is 1.02. The zero-order valence-corrected chi connectivity index (χ0v) is 15.6. The maximum Gasteiger partial charge on any atom is 0.485 e. The van der Waals surface area contributed by atoms with Gasteiger partial charge in [0.2, 0.25) is 0 Å². The Hall–Kier alpha value is -0.340. The van der Waals surface area contributed by atoms with E-state index in [2.05, 4.69) is 13.8 Å². The van der Waals surface area contributed by atoms with Crippen LogP contribution in [0.15, 0.2) is 0 Å². The molecule has 0 aromatic rings. The van der Waals surface area contributed by atoms with Crippen molar-refractivity contribution < 1.29 is 31.0 Å². The van der Waals surface area contributed by atoms with E-state index in [9.17, 15) is 13.2 Å². The van der Waals surface area contributed by atoms with Gasteiger partial charge in [-0.25, -0.2) is 8.42 Å². The molecule has 1 aliphatic rings. The molecule has 0 spiro atoms. The number of alkyl halides is 3. The van der Waals surface area contributed by atoms with Gasteiger partial charge in [-0.2, -0.15) is 13.2 Å². The van der Waals surface area contributed by atoms with E-state index in [-0.39, 0.29) is 0 Å². The van der Waals surface area contributed by atoms with E-state index < -0.39 is 15.6 Å². The minimum absolute atomic E-state index is 1.02. The molecule has 24 heavy (non-hydrogen) atoms. The molecule has 1 rings (SSSR count). The summed E-state index contributed by atoms with van der Waals surface area (Å²) in [5.74, 6) is 0. The smallest absolute Gasteiger partial charge is 0.485 e. The third-order valence-corrected chi connectivity index (χ3v) is 4.99. The summed E-state index contributed by atoms with van der Waals surface area (Å²) in [6.45, 7) is 7.53. The molecule has 0 aromatic carbocycles. The van der Waals surface area contributed by atoms with Gasteiger partial charge in [0.05, 0.1) is 19.1 Å². The fraction of sp³-hybridized carbons (Fsp3) is 1.00. The Balaban J connectivity index is 0.000000561. The van der Waals surface area contributed by atoms with Gasteiger partial charge in [-0.15, -0.1) is 0 Å². The highest BCUT2D eigenvalue weighted by molar-refractivity contribution is 7.86.